The monoisotopic (exact) mass is 311 g/mol. The van der Waals surface area contributed by atoms with E-state index in [0.29, 0.717) is 0 Å². The Hall–Kier alpha value is -0.830. The predicted molar refractivity (Wildman–Crippen MR) is 79.9 cm³/mol. The highest BCUT2D eigenvalue weighted by Gasteiger charge is 2.26. The summed E-state index contributed by atoms with van der Waals surface area (Å²) in [6, 6.07) is 5.81. The molecule has 0 radical (unpaired) electrons. The minimum absolute atomic E-state index is 0.0272. The highest BCUT2D eigenvalue weighted by Crippen LogP contribution is 2.22. The number of nitrogens with one attached hydrogen (secondary N) is 1. The Morgan fingerprint density at radius 1 is 1.22 bits per heavy atom. The van der Waals surface area contributed by atoms with Crippen molar-refractivity contribution in [3.05, 3.63) is 33.8 Å². The number of carbonyl (C=O) groups excluding carboxylic acids is 1. The Bertz CT molecular complexity index is 416. The lowest BCUT2D eigenvalue weighted by Crippen LogP contribution is -2.47. The van der Waals surface area contributed by atoms with E-state index >= 15 is 0 Å². The predicted octanol–water partition coefficient (Wildman–Crippen LogP) is 4.46. The van der Waals surface area contributed by atoms with E-state index in [4.69, 9.17) is 0 Å². The van der Waals surface area contributed by atoms with Crippen LogP contribution in [-0.2, 0) is 0 Å². The summed E-state index contributed by atoms with van der Waals surface area (Å²) in [4.78, 5) is 12.4. The summed E-state index contributed by atoms with van der Waals surface area (Å²) in [5.74, 6) is 0.0272. The first-order chi connectivity index (χ1) is 8.48. The fourth-order valence-corrected chi connectivity index (χ4v) is 2.52. The summed E-state index contributed by atoms with van der Waals surface area (Å²) < 4.78 is 0.938. The lowest BCUT2D eigenvalue weighted by Gasteiger charge is -2.32. The van der Waals surface area contributed by atoms with E-state index in [-0.39, 0.29) is 11.4 Å². The Kier molecular flexibility index (Phi) is 5.39. The van der Waals surface area contributed by atoms with E-state index in [0.717, 1.165) is 34.9 Å². The highest BCUT2D eigenvalue weighted by atomic mass is 79.9. The maximum absolute atomic E-state index is 12.4. The zero-order valence-electron chi connectivity index (χ0n) is 11.6. The van der Waals surface area contributed by atoms with Gasteiger partial charge in [0.15, 0.2) is 0 Å². The van der Waals surface area contributed by atoms with Crippen LogP contribution in [0.4, 0.5) is 0 Å². The van der Waals surface area contributed by atoms with Crippen LogP contribution in [0, 0.1) is 6.92 Å². The zero-order valence-corrected chi connectivity index (χ0v) is 13.2. The fraction of sp³-hybridized carbons (Fsp3) is 0.533. The van der Waals surface area contributed by atoms with Crippen LogP contribution in [0.3, 0.4) is 0 Å². The number of halogens is 1. The molecule has 0 unspecified atom stereocenters. The molecule has 0 saturated carbocycles. The van der Waals surface area contributed by atoms with E-state index in [1.165, 1.54) is 0 Å². The van der Waals surface area contributed by atoms with Crippen LogP contribution in [0.2, 0.25) is 0 Å². The van der Waals surface area contributed by atoms with Crippen LogP contribution in [0.25, 0.3) is 0 Å². The third-order valence-corrected chi connectivity index (χ3v) is 4.35. The maximum Gasteiger partial charge on any atom is 0.252 e. The van der Waals surface area contributed by atoms with Crippen LogP contribution in [-0.4, -0.2) is 11.4 Å². The summed E-state index contributed by atoms with van der Waals surface area (Å²) in [5.41, 5.74) is 1.68. The van der Waals surface area contributed by atoms with Gasteiger partial charge in [-0.3, -0.25) is 4.79 Å². The molecule has 1 N–H and O–H groups in total. The summed E-state index contributed by atoms with van der Waals surface area (Å²) >= 11 is 3.42. The molecule has 0 aliphatic heterocycles. The second-order valence-electron chi connectivity index (χ2n) is 4.75. The van der Waals surface area contributed by atoms with Crippen LogP contribution in [0.15, 0.2) is 22.7 Å². The summed E-state index contributed by atoms with van der Waals surface area (Å²) in [6.45, 7) is 8.34. The minimum atomic E-state index is -0.0775. The Morgan fingerprint density at radius 3 is 2.28 bits per heavy atom. The average molecular weight is 312 g/mol. The van der Waals surface area contributed by atoms with E-state index in [9.17, 15) is 4.79 Å². The third kappa shape index (κ3) is 3.35. The van der Waals surface area contributed by atoms with Gasteiger partial charge in [0.2, 0.25) is 0 Å². The maximum atomic E-state index is 12.4. The molecule has 0 atom stereocenters. The largest absolute Gasteiger partial charge is 0.347 e. The number of rotatable bonds is 5. The number of aryl methyl sites for hydroxylation is 1. The number of carbonyl (C=O) groups is 1. The fourth-order valence-electron chi connectivity index (χ4n) is 2.16. The molecule has 2 nitrogen and oxygen atoms in total. The first kappa shape index (κ1) is 15.2. The van der Waals surface area contributed by atoms with E-state index < -0.39 is 0 Å². The van der Waals surface area contributed by atoms with Gasteiger partial charge >= 0.3 is 0 Å². The van der Waals surface area contributed by atoms with E-state index in [1.807, 2.05) is 25.1 Å². The summed E-state index contributed by atoms with van der Waals surface area (Å²) in [5, 5.41) is 3.20. The lowest BCUT2D eigenvalue weighted by atomic mass is 9.89. The van der Waals surface area contributed by atoms with Crippen molar-refractivity contribution in [3.63, 3.8) is 0 Å². The van der Waals surface area contributed by atoms with Crippen LogP contribution < -0.4 is 5.32 Å². The number of amides is 1. The molecule has 0 aliphatic carbocycles. The zero-order chi connectivity index (χ0) is 13.8. The molecule has 0 aromatic heterocycles. The molecule has 1 aromatic rings. The molecular formula is C15H22BrNO. The van der Waals surface area contributed by atoms with Gasteiger partial charge < -0.3 is 5.32 Å². The molecule has 100 valence electrons. The molecule has 0 bridgehead atoms. The van der Waals surface area contributed by atoms with Gasteiger partial charge in [-0.05, 0) is 43.9 Å². The Morgan fingerprint density at radius 2 is 1.78 bits per heavy atom. The molecule has 1 amide bonds. The van der Waals surface area contributed by atoms with Gasteiger partial charge in [-0.2, -0.15) is 0 Å². The van der Waals surface area contributed by atoms with Gasteiger partial charge in [0, 0.05) is 15.6 Å². The van der Waals surface area contributed by atoms with Crippen LogP contribution >= 0.6 is 15.9 Å². The first-order valence-electron chi connectivity index (χ1n) is 6.56. The molecule has 1 aromatic carbocycles. The minimum Gasteiger partial charge on any atom is -0.347 e. The van der Waals surface area contributed by atoms with Crippen molar-refractivity contribution >= 4 is 21.8 Å². The van der Waals surface area contributed by atoms with Gasteiger partial charge in [-0.15, -0.1) is 0 Å². The lowest BCUT2D eigenvalue weighted by molar-refractivity contribution is 0.0887. The molecule has 0 fully saturated rings. The third-order valence-electron chi connectivity index (χ3n) is 3.85. The van der Waals surface area contributed by atoms with Gasteiger partial charge in [0.05, 0.1) is 0 Å². The normalized spacial score (nSPS) is 11.4. The highest BCUT2D eigenvalue weighted by molar-refractivity contribution is 9.10. The number of hydrogen-bond acceptors (Lipinski definition) is 1. The summed E-state index contributed by atoms with van der Waals surface area (Å²) in [6.07, 6.45) is 2.87. The molecule has 0 aliphatic rings. The second-order valence-corrected chi connectivity index (χ2v) is 5.67. The molecule has 3 heteroatoms. The molecule has 0 saturated heterocycles. The Balaban J connectivity index is 2.97. The van der Waals surface area contributed by atoms with Crippen molar-refractivity contribution < 1.29 is 4.79 Å². The van der Waals surface area contributed by atoms with Gasteiger partial charge in [-0.25, -0.2) is 0 Å². The van der Waals surface area contributed by atoms with Crippen molar-refractivity contribution in [1.29, 1.82) is 0 Å². The quantitative estimate of drug-likeness (QED) is 0.854. The molecule has 0 spiro atoms. The van der Waals surface area contributed by atoms with Crippen LogP contribution in [0.1, 0.15) is 56.0 Å². The summed E-state index contributed by atoms with van der Waals surface area (Å²) in [7, 11) is 0. The van der Waals surface area contributed by atoms with Crippen molar-refractivity contribution in [2.45, 2.75) is 52.5 Å². The number of benzene rings is 1. The van der Waals surface area contributed by atoms with Gasteiger partial charge in [-0.1, -0.05) is 42.8 Å². The molecule has 18 heavy (non-hydrogen) atoms. The van der Waals surface area contributed by atoms with E-state index in [2.05, 4.69) is 42.0 Å². The van der Waals surface area contributed by atoms with Gasteiger partial charge in [0.1, 0.15) is 0 Å². The van der Waals surface area contributed by atoms with Crippen molar-refractivity contribution in [2.75, 3.05) is 0 Å². The van der Waals surface area contributed by atoms with Crippen molar-refractivity contribution in [1.82, 2.24) is 5.32 Å². The average Bonchev–Trinajstić information content (AvgIpc) is 2.38. The first-order valence-corrected chi connectivity index (χ1v) is 7.36. The molecule has 1 rings (SSSR count). The molecule has 0 heterocycles. The number of hydrogen-bond donors (Lipinski definition) is 1. The Labute approximate surface area is 118 Å². The topological polar surface area (TPSA) is 29.1 Å². The van der Waals surface area contributed by atoms with Crippen molar-refractivity contribution in [2.24, 2.45) is 0 Å². The smallest absolute Gasteiger partial charge is 0.252 e. The van der Waals surface area contributed by atoms with Crippen molar-refractivity contribution in [3.8, 4) is 0 Å². The van der Waals surface area contributed by atoms with E-state index in [1.54, 1.807) is 0 Å². The van der Waals surface area contributed by atoms with Gasteiger partial charge in [0.25, 0.3) is 5.91 Å². The molecular weight excluding hydrogens is 290 g/mol. The SMILES string of the molecule is CCC(CC)(CC)NC(=O)c1cc(Br)ccc1C. The second kappa shape index (κ2) is 6.37. The standard InChI is InChI=1S/C15H22BrNO/c1-5-15(6-2,7-3)17-14(18)13-10-12(16)9-8-11(13)4/h8-10H,5-7H2,1-4H3,(H,17,18). The van der Waals surface area contributed by atoms with Crippen LogP contribution in [0.5, 0.6) is 0 Å².